The number of rotatable bonds is 7. The second-order valence-electron chi connectivity index (χ2n) is 6.49. The minimum atomic E-state index is -0.523. The topological polar surface area (TPSA) is 114 Å². The summed E-state index contributed by atoms with van der Waals surface area (Å²) in [5.41, 5.74) is 1.85. The molecule has 0 radical (unpaired) electrons. The van der Waals surface area contributed by atoms with Gasteiger partial charge in [0.1, 0.15) is 11.5 Å². The van der Waals surface area contributed by atoms with Gasteiger partial charge < -0.3 is 15.1 Å². The number of benzene rings is 2. The van der Waals surface area contributed by atoms with Gasteiger partial charge in [0.2, 0.25) is 0 Å². The highest BCUT2D eigenvalue weighted by Gasteiger charge is 2.15. The van der Waals surface area contributed by atoms with Crippen LogP contribution in [0.15, 0.2) is 77.0 Å². The molecule has 0 bridgehead atoms. The summed E-state index contributed by atoms with van der Waals surface area (Å²) >= 11 is 0. The van der Waals surface area contributed by atoms with Gasteiger partial charge in [-0.3, -0.25) is 19.7 Å². The number of nitro benzene ring substituents is 1. The maximum absolute atomic E-state index is 12.7. The van der Waals surface area contributed by atoms with Crippen LogP contribution in [-0.4, -0.2) is 16.7 Å². The molecule has 0 saturated carbocycles. The summed E-state index contributed by atoms with van der Waals surface area (Å²) in [6, 6.07) is 16.0. The maximum atomic E-state index is 12.7. The minimum absolute atomic E-state index is 0.000911. The Bertz CT molecular complexity index is 1070. The number of non-ortho nitro benzene ring substituents is 1. The van der Waals surface area contributed by atoms with Crippen LogP contribution in [0.4, 0.5) is 5.69 Å². The van der Waals surface area contributed by atoms with Crippen molar-refractivity contribution in [3.63, 3.8) is 0 Å². The zero-order chi connectivity index (χ0) is 21.5. The highest BCUT2D eigenvalue weighted by Crippen LogP contribution is 2.14. The number of nitrogens with zero attached hydrogens (tertiary/aromatic N) is 1. The molecule has 2 N–H and O–H groups in total. The molecule has 3 rings (SSSR count). The Morgan fingerprint density at radius 2 is 1.77 bits per heavy atom. The molecule has 0 saturated heterocycles. The fourth-order valence-corrected chi connectivity index (χ4v) is 2.59. The number of hydrogen-bond donors (Lipinski definition) is 2. The third-order valence-electron chi connectivity index (χ3n) is 4.22. The number of carbonyl (C=O) groups is 2. The molecule has 8 heteroatoms. The molecule has 0 aliphatic carbocycles. The largest absolute Gasteiger partial charge is 0.467 e. The van der Waals surface area contributed by atoms with Gasteiger partial charge in [-0.05, 0) is 55.0 Å². The third-order valence-corrected chi connectivity index (χ3v) is 4.22. The molecule has 3 aromatic rings. The van der Waals surface area contributed by atoms with Crippen LogP contribution in [-0.2, 0) is 11.3 Å². The molecule has 2 aromatic carbocycles. The van der Waals surface area contributed by atoms with Gasteiger partial charge in [-0.25, -0.2) is 0 Å². The van der Waals surface area contributed by atoms with E-state index in [1.165, 1.54) is 36.6 Å². The summed E-state index contributed by atoms with van der Waals surface area (Å²) in [4.78, 5) is 35.6. The van der Waals surface area contributed by atoms with Crippen LogP contribution in [0.2, 0.25) is 0 Å². The lowest BCUT2D eigenvalue weighted by atomic mass is 10.1. The van der Waals surface area contributed by atoms with Crippen molar-refractivity contribution in [2.45, 2.75) is 13.5 Å². The second-order valence-corrected chi connectivity index (χ2v) is 6.49. The van der Waals surface area contributed by atoms with E-state index >= 15 is 0 Å². The van der Waals surface area contributed by atoms with Crippen LogP contribution in [0.1, 0.15) is 27.2 Å². The Morgan fingerprint density at radius 1 is 1.07 bits per heavy atom. The van der Waals surface area contributed by atoms with E-state index in [4.69, 9.17) is 4.42 Å². The van der Waals surface area contributed by atoms with E-state index in [9.17, 15) is 19.7 Å². The van der Waals surface area contributed by atoms with Gasteiger partial charge in [-0.1, -0.05) is 17.7 Å². The van der Waals surface area contributed by atoms with Gasteiger partial charge >= 0.3 is 0 Å². The van der Waals surface area contributed by atoms with E-state index < -0.39 is 16.7 Å². The van der Waals surface area contributed by atoms with Crippen LogP contribution in [0.25, 0.3) is 6.08 Å². The summed E-state index contributed by atoms with van der Waals surface area (Å²) in [6.45, 7) is 2.05. The molecule has 8 nitrogen and oxygen atoms in total. The Balaban J connectivity index is 1.82. The van der Waals surface area contributed by atoms with Crippen molar-refractivity contribution in [3.05, 3.63) is 105 Å². The Labute approximate surface area is 172 Å². The van der Waals surface area contributed by atoms with E-state index in [1.807, 2.05) is 6.92 Å². The summed E-state index contributed by atoms with van der Waals surface area (Å²) in [6.07, 6.45) is 2.95. The molecule has 1 aromatic heterocycles. The highest BCUT2D eigenvalue weighted by molar-refractivity contribution is 6.05. The van der Waals surface area contributed by atoms with Crippen molar-refractivity contribution < 1.29 is 18.9 Å². The lowest BCUT2D eigenvalue weighted by molar-refractivity contribution is -0.384. The maximum Gasteiger partial charge on any atom is 0.269 e. The van der Waals surface area contributed by atoms with Crippen molar-refractivity contribution >= 4 is 23.6 Å². The van der Waals surface area contributed by atoms with E-state index in [0.29, 0.717) is 16.9 Å². The fraction of sp³-hybridized carbons (Fsp3) is 0.0909. The predicted molar refractivity (Wildman–Crippen MR) is 110 cm³/mol. The number of aryl methyl sites for hydroxylation is 1. The lowest BCUT2D eigenvalue weighted by Crippen LogP contribution is -2.34. The average Bonchev–Trinajstić information content (AvgIpc) is 3.26. The number of carbonyl (C=O) groups excluding carboxylic acids is 2. The molecule has 0 fully saturated rings. The smallest absolute Gasteiger partial charge is 0.269 e. The van der Waals surface area contributed by atoms with Crippen LogP contribution in [0, 0.1) is 17.0 Å². The summed E-state index contributed by atoms with van der Waals surface area (Å²) in [7, 11) is 0. The number of furan rings is 1. The first-order valence-electron chi connectivity index (χ1n) is 9.07. The van der Waals surface area contributed by atoms with Crippen molar-refractivity contribution in [2.24, 2.45) is 0 Å². The van der Waals surface area contributed by atoms with Crippen molar-refractivity contribution in [3.8, 4) is 0 Å². The number of hydrogen-bond acceptors (Lipinski definition) is 5. The molecule has 1 heterocycles. The van der Waals surface area contributed by atoms with Crippen LogP contribution in [0.3, 0.4) is 0 Å². The van der Waals surface area contributed by atoms with Gasteiger partial charge in [0.05, 0.1) is 17.7 Å². The summed E-state index contributed by atoms with van der Waals surface area (Å²) in [5.74, 6) is -0.413. The molecule has 2 amide bonds. The quantitative estimate of drug-likeness (QED) is 0.354. The van der Waals surface area contributed by atoms with Crippen LogP contribution in [0.5, 0.6) is 0 Å². The average molecular weight is 405 g/mol. The van der Waals surface area contributed by atoms with E-state index in [0.717, 1.165) is 5.56 Å². The zero-order valence-electron chi connectivity index (χ0n) is 16.1. The molecular formula is C22H19N3O5. The van der Waals surface area contributed by atoms with E-state index in [1.54, 1.807) is 36.4 Å². The SMILES string of the molecule is Cc1ccc(C(=O)N/C(=C\c2ccc([N+](=O)[O-])cc2)C(=O)NCc2ccco2)cc1. The first-order valence-corrected chi connectivity index (χ1v) is 9.07. The molecule has 0 aliphatic rings. The number of amides is 2. The predicted octanol–water partition coefficient (Wildman–Crippen LogP) is 3.58. The Morgan fingerprint density at radius 3 is 2.37 bits per heavy atom. The molecule has 0 atom stereocenters. The molecule has 152 valence electrons. The summed E-state index contributed by atoms with van der Waals surface area (Å²) in [5, 5.41) is 16.1. The van der Waals surface area contributed by atoms with Gasteiger partial charge in [0.15, 0.2) is 0 Å². The normalized spacial score (nSPS) is 11.0. The highest BCUT2D eigenvalue weighted by atomic mass is 16.6. The van der Waals surface area contributed by atoms with Crippen LogP contribution >= 0.6 is 0 Å². The van der Waals surface area contributed by atoms with Crippen molar-refractivity contribution in [2.75, 3.05) is 0 Å². The van der Waals surface area contributed by atoms with Gasteiger partial charge in [-0.15, -0.1) is 0 Å². The molecule has 30 heavy (non-hydrogen) atoms. The fourth-order valence-electron chi connectivity index (χ4n) is 2.59. The Hall–Kier alpha value is -4.20. The minimum Gasteiger partial charge on any atom is -0.467 e. The monoisotopic (exact) mass is 405 g/mol. The van der Waals surface area contributed by atoms with E-state index in [2.05, 4.69) is 10.6 Å². The third kappa shape index (κ3) is 5.41. The first-order chi connectivity index (χ1) is 14.4. The number of nitrogens with one attached hydrogen (secondary N) is 2. The standard InChI is InChI=1S/C22H19N3O5/c1-15-4-8-17(9-5-15)21(26)24-20(22(27)23-14-19-3-2-12-30-19)13-16-6-10-18(11-7-16)25(28)29/h2-13H,14H2,1H3,(H,23,27)(H,24,26)/b20-13-. The zero-order valence-corrected chi connectivity index (χ0v) is 16.1. The van der Waals surface area contributed by atoms with E-state index in [-0.39, 0.29) is 17.9 Å². The molecule has 0 unspecified atom stereocenters. The first kappa shape index (κ1) is 20.5. The van der Waals surface area contributed by atoms with Gasteiger partial charge in [0, 0.05) is 17.7 Å². The lowest BCUT2D eigenvalue weighted by Gasteiger charge is -2.11. The van der Waals surface area contributed by atoms with Crippen molar-refractivity contribution in [1.82, 2.24) is 10.6 Å². The Kier molecular flexibility index (Phi) is 6.39. The van der Waals surface area contributed by atoms with Crippen LogP contribution < -0.4 is 10.6 Å². The van der Waals surface area contributed by atoms with Gasteiger partial charge in [-0.2, -0.15) is 0 Å². The van der Waals surface area contributed by atoms with Gasteiger partial charge in [0.25, 0.3) is 17.5 Å². The summed E-state index contributed by atoms with van der Waals surface area (Å²) < 4.78 is 5.19. The number of nitro groups is 1. The molecule has 0 aliphatic heterocycles. The molecule has 0 spiro atoms. The second kappa shape index (κ2) is 9.33. The molecular weight excluding hydrogens is 386 g/mol. The van der Waals surface area contributed by atoms with Crippen molar-refractivity contribution in [1.29, 1.82) is 0 Å².